The minimum Gasteiger partial charge on any atom is -0.466 e. The van der Waals surface area contributed by atoms with Crippen LogP contribution in [0.4, 0.5) is 5.13 Å². The quantitative estimate of drug-likeness (QED) is 0.467. The molecule has 0 spiro atoms. The third-order valence-electron chi connectivity index (χ3n) is 4.19. The SMILES string of the molecule is CCOC(=O)Cc1csc(NC(=O)c2csc3nc(-c4ccc(C)cc4)cn23)n1. The number of esters is 1. The molecule has 9 heteroatoms. The van der Waals surface area contributed by atoms with Gasteiger partial charge in [0.05, 0.1) is 24.4 Å². The summed E-state index contributed by atoms with van der Waals surface area (Å²) in [6.07, 6.45) is 1.95. The van der Waals surface area contributed by atoms with Crippen LogP contribution in [-0.4, -0.2) is 32.9 Å². The first-order chi connectivity index (χ1) is 14.0. The van der Waals surface area contributed by atoms with Gasteiger partial charge in [-0.1, -0.05) is 29.8 Å². The summed E-state index contributed by atoms with van der Waals surface area (Å²) in [6, 6.07) is 8.10. The average Bonchev–Trinajstić information content (AvgIpc) is 3.38. The Bertz CT molecular complexity index is 1170. The first-order valence-electron chi connectivity index (χ1n) is 8.98. The highest BCUT2D eigenvalue weighted by atomic mass is 32.1. The maximum Gasteiger partial charge on any atom is 0.311 e. The maximum absolute atomic E-state index is 12.7. The number of rotatable bonds is 6. The van der Waals surface area contributed by atoms with Gasteiger partial charge in [-0.25, -0.2) is 9.97 Å². The van der Waals surface area contributed by atoms with Crippen LogP contribution in [0.5, 0.6) is 0 Å². The van der Waals surface area contributed by atoms with Crippen molar-refractivity contribution in [2.45, 2.75) is 20.3 Å². The molecule has 4 rings (SSSR count). The van der Waals surface area contributed by atoms with Crippen molar-refractivity contribution in [1.29, 1.82) is 0 Å². The minimum atomic E-state index is -0.336. The number of amides is 1. The summed E-state index contributed by atoms with van der Waals surface area (Å²) in [6.45, 7) is 4.12. The Kier molecular flexibility index (Phi) is 5.41. The summed E-state index contributed by atoms with van der Waals surface area (Å²) in [5.41, 5.74) is 4.06. The van der Waals surface area contributed by atoms with Crippen LogP contribution in [0.25, 0.3) is 16.2 Å². The number of thiazole rings is 2. The second-order valence-corrected chi connectivity index (χ2v) is 8.04. The van der Waals surface area contributed by atoms with Crippen LogP contribution in [0.2, 0.25) is 0 Å². The van der Waals surface area contributed by atoms with Crippen LogP contribution in [-0.2, 0) is 16.0 Å². The standard InChI is InChI=1S/C20H18N4O3S2/c1-3-27-17(25)8-14-10-28-19(21-14)23-18(26)16-11-29-20-22-15(9-24(16)20)13-6-4-12(2)5-7-13/h4-7,9-11H,3,8H2,1-2H3,(H,21,23,26). The summed E-state index contributed by atoms with van der Waals surface area (Å²) in [5.74, 6) is -0.613. The van der Waals surface area contributed by atoms with E-state index in [0.717, 1.165) is 16.2 Å². The second kappa shape index (κ2) is 8.14. The molecule has 0 aliphatic rings. The van der Waals surface area contributed by atoms with Gasteiger partial charge in [0.15, 0.2) is 10.1 Å². The molecule has 7 nitrogen and oxygen atoms in total. The van der Waals surface area contributed by atoms with Crippen molar-refractivity contribution in [3.8, 4) is 11.3 Å². The lowest BCUT2D eigenvalue weighted by Crippen LogP contribution is -2.14. The van der Waals surface area contributed by atoms with Crippen molar-refractivity contribution in [1.82, 2.24) is 14.4 Å². The Balaban J connectivity index is 1.51. The summed E-state index contributed by atoms with van der Waals surface area (Å²) >= 11 is 2.68. The Morgan fingerprint density at radius 1 is 1.14 bits per heavy atom. The fourth-order valence-electron chi connectivity index (χ4n) is 2.78. The molecule has 0 radical (unpaired) electrons. The number of imidazole rings is 1. The number of hydrogen-bond acceptors (Lipinski definition) is 7. The molecule has 0 aliphatic carbocycles. The first-order valence-corrected chi connectivity index (χ1v) is 10.7. The number of carbonyl (C=O) groups excluding carboxylic acids is 2. The van der Waals surface area contributed by atoms with E-state index in [1.165, 1.54) is 28.2 Å². The van der Waals surface area contributed by atoms with Gasteiger partial charge in [-0.05, 0) is 13.8 Å². The van der Waals surface area contributed by atoms with Gasteiger partial charge in [0.1, 0.15) is 5.69 Å². The molecule has 1 aromatic carbocycles. The van der Waals surface area contributed by atoms with E-state index in [2.05, 4.69) is 15.3 Å². The largest absolute Gasteiger partial charge is 0.466 e. The molecule has 3 heterocycles. The molecule has 3 aromatic heterocycles. The van der Waals surface area contributed by atoms with E-state index in [9.17, 15) is 9.59 Å². The smallest absolute Gasteiger partial charge is 0.311 e. The number of aryl methyl sites for hydroxylation is 1. The van der Waals surface area contributed by atoms with Crippen molar-refractivity contribution < 1.29 is 14.3 Å². The summed E-state index contributed by atoms with van der Waals surface area (Å²) in [5, 5.41) is 6.74. The lowest BCUT2D eigenvalue weighted by molar-refractivity contribution is -0.142. The molecule has 0 saturated heterocycles. The number of fused-ring (bicyclic) bond motifs is 1. The molecule has 1 amide bonds. The molecular formula is C20H18N4O3S2. The van der Waals surface area contributed by atoms with Crippen molar-refractivity contribution >= 4 is 44.6 Å². The fraction of sp³-hybridized carbons (Fsp3) is 0.200. The van der Waals surface area contributed by atoms with Gasteiger partial charge < -0.3 is 4.74 Å². The number of nitrogens with zero attached hydrogens (tertiary/aromatic N) is 3. The van der Waals surface area contributed by atoms with E-state index in [-0.39, 0.29) is 18.3 Å². The number of benzene rings is 1. The molecule has 0 saturated carbocycles. The number of anilines is 1. The van der Waals surface area contributed by atoms with E-state index < -0.39 is 0 Å². The lowest BCUT2D eigenvalue weighted by atomic mass is 10.1. The van der Waals surface area contributed by atoms with E-state index in [0.29, 0.717) is 23.1 Å². The molecule has 0 atom stereocenters. The normalized spacial score (nSPS) is 11.0. The van der Waals surface area contributed by atoms with Crippen LogP contribution in [0.3, 0.4) is 0 Å². The van der Waals surface area contributed by atoms with Crippen LogP contribution in [0, 0.1) is 6.92 Å². The van der Waals surface area contributed by atoms with Crippen molar-refractivity contribution in [2.75, 3.05) is 11.9 Å². The number of hydrogen-bond donors (Lipinski definition) is 1. The van der Waals surface area contributed by atoms with Gasteiger partial charge in [-0.3, -0.25) is 19.3 Å². The number of ether oxygens (including phenoxy) is 1. The van der Waals surface area contributed by atoms with Crippen molar-refractivity contribution in [3.05, 3.63) is 58.2 Å². The highest BCUT2D eigenvalue weighted by molar-refractivity contribution is 7.15. The van der Waals surface area contributed by atoms with Crippen LogP contribution in [0.1, 0.15) is 28.7 Å². The highest BCUT2D eigenvalue weighted by Crippen LogP contribution is 2.25. The Morgan fingerprint density at radius 3 is 2.69 bits per heavy atom. The zero-order chi connectivity index (χ0) is 20.4. The molecule has 0 fully saturated rings. The molecule has 0 bridgehead atoms. The molecule has 0 unspecified atom stereocenters. The molecule has 1 N–H and O–H groups in total. The monoisotopic (exact) mass is 426 g/mol. The topological polar surface area (TPSA) is 85.6 Å². The van der Waals surface area contributed by atoms with E-state index in [1.54, 1.807) is 22.1 Å². The molecule has 148 valence electrons. The Hall–Kier alpha value is -3.04. The van der Waals surface area contributed by atoms with Gasteiger partial charge in [-0.15, -0.1) is 22.7 Å². The second-order valence-electron chi connectivity index (χ2n) is 6.35. The van der Waals surface area contributed by atoms with E-state index in [4.69, 9.17) is 4.74 Å². The number of nitrogens with one attached hydrogen (secondary N) is 1. The van der Waals surface area contributed by atoms with Crippen molar-refractivity contribution in [2.24, 2.45) is 0 Å². The minimum absolute atomic E-state index is 0.0876. The predicted octanol–water partition coefficient (Wildman–Crippen LogP) is 4.19. The van der Waals surface area contributed by atoms with Gasteiger partial charge in [0.2, 0.25) is 0 Å². The molecule has 29 heavy (non-hydrogen) atoms. The third-order valence-corrected chi connectivity index (χ3v) is 5.84. The fourth-order valence-corrected chi connectivity index (χ4v) is 4.34. The van der Waals surface area contributed by atoms with Gasteiger partial charge >= 0.3 is 5.97 Å². The maximum atomic E-state index is 12.7. The summed E-state index contributed by atoms with van der Waals surface area (Å²) in [4.78, 5) is 33.9. The highest BCUT2D eigenvalue weighted by Gasteiger charge is 2.17. The molecular weight excluding hydrogens is 408 g/mol. The van der Waals surface area contributed by atoms with Crippen molar-refractivity contribution in [3.63, 3.8) is 0 Å². The Labute approximate surface area is 175 Å². The van der Waals surface area contributed by atoms with E-state index >= 15 is 0 Å². The molecule has 4 aromatic rings. The van der Waals surface area contributed by atoms with Crippen LogP contribution >= 0.6 is 22.7 Å². The average molecular weight is 427 g/mol. The molecule has 0 aliphatic heterocycles. The first kappa shape index (κ1) is 19.3. The van der Waals surface area contributed by atoms with Gasteiger partial charge in [0.25, 0.3) is 5.91 Å². The summed E-state index contributed by atoms with van der Waals surface area (Å²) in [7, 11) is 0. The third kappa shape index (κ3) is 4.20. The zero-order valence-corrected chi connectivity index (χ0v) is 17.5. The zero-order valence-electron chi connectivity index (χ0n) is 15.8. The van der Waals surface area contributed by atoms with E-state index in [1.807, 2.05) is 37.4 Å². The van der Waals surface area contributed by atoms with Gasteiger partial charge in [0, 0.05) is 22.5 Å². The number of aromatic nitrogens is 3. The van der Waals surface area contributed by atoms with Crippen LogP contribution < -0.4 is 5.32 Å². The number of carbonyl (C=O) groups is 2. The lowest BCUT2D eigenvalue weighted by Gasteiger charge is -2.01. The predicted molar refractivity (Wildman–Crippen MR) is 114 cm³/mol. The Morgan fingerprint density at radius 2 is 1.93 bits per heavy atom. The van der Waals surface area contributed by atoms with Gasteiger partial charge in [-0.2, -0.15) is 0 Å². The van der Waals surface area contributed by atoms with Crippen LogP contribution in [0.15, 0.2) is 41.2 Å². The summed E-state index contributed by atoms with van der Waals surface area (Å²) < 4.78 is 6.70.